The van der Waals surface area contributed by atoms with Gasteiger partial charge >= 0.3 is 5.97 Å². The Hall–Kier alpha value is -0.670. The summed E-state index contributed by atoms with van der Waals surface area (Å²) in [5.41, 5.74) is -1.43. The Bertz CT molecular complexity index is 290. The Labute approximate surface area is 88.0 Å². The molecule has 0 unspecified atom stereocenters. The molecule has 2 fully saturated rings. The Balaban J connectivity index is 2.08. The fraction of sp³-hybridized carbons (Fsp3) is 0.909. The van der Waals surface area contributed by atoms with Crippen molar-refractivity contribution >= 4 is 5.97 Å². The summed E-state index contributed by atoms with van der Waals surface area (Å²) < 4.78 is 32.2. The lowest BCUT2D eigenvalue weighted by atomic mass is 9.68. The Morgan fingerprint density at radius 1 is 1.47 bits per heavy atom. The summed E-state index contributed by atoms with van der Waals surface area (Å²) in [6, 6.07) is 0. The molecule has 0 aromatic rings. The molecule has 86 valence electrons. The predicted molar refractivity (Wildman–Crippen MR) is 50.5 cm³/mol. The van der Waals surface area contributed by atoms with Crippen LogP contribution in [0.25, 0.3) is 0 Å². The number of rotatable bonds is 4. The van der Waals surface area contributed by atoms with Crippen molar-refractivity contribution in [3.8, 4) is 0 Å². The molecule has 2 rings (SSSR count). The molecule has 0 aromatic heterocycles. The first kappa shape index (κ1) is 10.8. The molecule has 2 saturated carbocycles. The maximum Gasteiger partial charge on any atom is 0.318 e. The average Bonchev–Trinajstić information content (AvgIpc) is 2.87. The molecule has 0 spiro atoms. The summed E-state index contributed by atoms with van der Waals surface area (Å²) in [5, 5.41) is 0. The van der Waals surface area contributed by atoms with Crippen LogP contribution in [0.1, 0.15) is 33.1 Å². The van der Waals surface area contributed by atoms with Gasteiger partial charge in [0.05, 0.1) is 6.61 Å². The molecule has 0 radical (unpaired) electrons. The molecule has 3 atom stereocenters. The lowest BCUT2D eigenvalue weighted by Crippen LogP contribution is -2.55. The minimum atomic E-state index is -2.83. The maximum absolute atomic E-state index is 13.8. The molecule has 2 aliphatic carbocycles. The van der Waals surface area contributed by atoms with E-state index < -0.39 is 23.2 Å². The van der Waals surface area contributed by atoms with E-state index in [1.165, 1.54) is 0 Å². The van der Waals surface area contributed by atoms with Gasteiger partial charge in [-0.15, -0.1) is 0 Å². The van der Waals surface area contributed by atoms with E-state index >= 15 is 0 Å². The predicted octanol–water partition coefficient (Wildman–Crippen LogP) is 2.62. The summed E-state index contributed by atoms with van der Waals surface area (Å²) >= 11 is 0. The number of alkyl halides is 2. The van der Waals surface area contributed by atoms with E-state index in [1.807, 2.05) is 6.92 Å². The lowest BCUT2D eigenvalue weighted by molar-refractivity contribution is -0.216. The molecule has 0 aromatic carbocycles. The van der Waals surface area contributed by atoms with Gasteiger partial charge in [-0.2, -0.15) is 0 Å². The lowest BCUT2D eigenvalue weighted by Gasteiger charge is -2.42. The van der Waals surface area contributed by atoms with Gasteiger partial charge in [0.15, 0.2) is 0 Å². The van der Waals surface area contributed by atoms with Crippen LogP contribution < -0.4 is 0 Å². The average molecular weight is 218 g/mol. The van der Waals surface area contributed by atoms with Crippen molar-refractivity contribution in [1.82, 2.24) is 0 Å². The van der Waals surface area contributed by atoms with Crippen LogP contribution in [0.15, 0.2) is 0 Å². The van der Waals surface area contributed by atoms with Crippen LogP contribution in [0, 0.1) is 17.3 Å². The van der Waals surface area contributed by atoms with Crippen LogP contribution in [-0.2, 0) is 9.53 Å². The third-order valence-corrected chi connectivity index (χ3v) is 3.80. The minimum Gasteiger partial charge on any atom is -0.465 e. The summed E-state index contributed by atoms with van der Waals surface area (Å²) in [5.74, 6) is -4.23. The van der Waals surface area contributed by atoms with E-state index in [0.717, 1.165) is 6.42 Å². The van der Waals surface area contributed by atoms with Gasteiger partial charge < -0.3 is 4.74 Å². The quantitative estimate of drug-likeness (QED) is 0.678. The van der Waals surface area contributed by atoms with E-state index in [1.54, 1.807) is 6.92 Å². The molecular weight excluding hydrogens is 202 g/mol. The topological polar surface area (TPSA) is 26.3 Å². The summed E-state index contributed by atoms with van der Waals surface area (Å²) in [6.45, 7) is 3.72. The van der Waals surface area contributed by atoms with Crippen molar-refractivity contribution in [1.29, 1.82) is 0 Å². The van der Waals surface area contributed by atoms with Crippen molar-refractivity contribution in [2.24, 2.45) is 17.3 Å². The molecular formula is C11H16F2O2. The van der Waals surface area contributed by atoms with Crippen molar-refractivity contribution in [3.05, 3.63) is 0 Å². The van der Waals surface area contributed by atoms with Crippen LogP contribution in [0.4, 0.5) is 8.78 Å². The number of halogens is 2. The summed E-state index contributed by atoms with van der Waals surface area (Å²) in [4.78, 5) is 11.5. The van der Waals surface area contributed by atoms with Gasteiger partial charge in [-0.1, -0.05) is 13.3 Å². The smallest absolute Gasteiger partial charge is 0.318 e. The van der Waals surface area contributed by atoms with Gasteiger partial charge in [-0.25, -0.2) is 8.78 Å². The summed E-state index contributed by atoms with van der Waals surface area (Å²) in [6.07, 6.45) is 1.58. The van der Waals surface area contributed by atoms with Crippen LogP contribution in [-0.4, -0.2) is 18.5 Å². The summed E-state index contributed by atoms with van der Waals surface area (Å²) in [7, 11) is 0. The first-order chi connectivity index (χ1) is 7.02. The number of fused-ring (bicyclic) bond motifs is 1. The molecule has 2 nitrogen and oxygen atoms in total. The molecule has 4 heteroatoms. The molecule has 0 saturated heterocycles. The van der Waals surface area contributed by atoms with E-state index in [4.69, 9.17) is 4.74 Å². The zero-order valence-electron chi connectivity index (χ0n) is 9.06. The molecule has 2 aliphatic rings. The SMILES string of the molecule is CCC[C@@H]1[C@@H]2C[C@]2(C(=O)OCC)C1(F)F. The number of esters is 1. The Kier molecular flexibility index (Phi) is 2.28. The Morgan fingerprint density at radius 3 is 2.60 bits per heavy atom. The second-order valence-corrected chi connectivity index (χ2v) is 4.52. The normalized spacial score (nSPS) is 40.3. The third kappa shape index (κ3) is 1.11. The van der Waals surface area contributed by atoms with Gasteiger partial charge in [0.2, 0.25) is 0 Å². The number of hydrogen-bond acceptors (Lipinski definition) is 2. The van der Waals surface area contributed by atoms with E-state index in [0.29, 0.717) is 12.8 Å². The van der Waals surface area contributed by atoms with E-state index in [2.05, 4.69) is 0 Å². The standard InChI is InChI=1S/C11H16F2O2/c1-3-5-7-8-6-10(8,11(7,12)13)9(14)15-4-2/h7-8H,3-6H2,1-2H3/t7-,8+,10+/m1/s1. The van der Waals surface area contributed by atoms with Crippen molar-refractivity contribution in [2.75, 3.05) is 6.61 Å². The van der Waals surface area contributed by atoms with Crippen LogP contribution >= 0.6 is 0 Å². The highest BCUT2D eigenvalue weighted by Gasteiger charge is 2.88. The molecule has 0 bridgehead atoms. The highest BCUT2D eigenvalue weighted by molar-refractivity contribution is 5.84. The number of hydrogen-bond donors (Lipinski definition) is 0. The Morgan fingerprint density at radius 2 is 2.13 bits per heavy atom. The second-order valence-electron chi connectivity index (χ2n) is 4.52. The second kappa shape index (κ2) is 3.16. The highest BCUT2D eigenvalue weighted by Crippen LogP contribution is 2.79. The third-order valence-electron chi connectivity index (χ3n) is 3.80. The van der Waals surface area contributed by atoms with Crippen LogP contribution in [0.5, 0.6) is 0 Å². The van der Waals surface area contributed by atoms with Gasteiger partial charge in [-0.05, 0) is 25.7 Å². The molecule has 0 amide bonds. The largest absolute Gasteiger partial charge is 0.465 e. The van der Waals surface area contributed by atoms with Crippen LogP contribution in [0.2, 0.25) is 0 Å². The molecule has 0 heterocycles. The van der Waals surface area contributed by atoms with E-state index in [-0.39, 0.29) is 12.5 Å². The van der Waals surface area contributed by atoms with E-state index in [9.17, 15) is 13.6 Å². The fourth-order valence-corrected chi connectivity index (χ4v) is 2.97. The fourth-order valence-electron chi connectivity index (χ4n) is 2.97. The molecule has 15 heavy (non-hydrogen) atoms. The minimum absolute atomic E-state index is 0.119. The van der Waals surface area contributed by atoms with Crippen molar-refractivity contribution in [2.45, 2.75) is 39.0 Å². The van der Waals surface area contributed by atoms with Crippen molar-refractivity contribution < 1.29 is 18.3 Å². The zero-order chi connectivity index (χ0) is 11.3. The van der Waals surface area contributed by atoms with Crippen molar-refractivity contribution in [3.63, 3.8) is 0 Å². The molecule has 0 aliphatic heterocycles. The molecule has 0 N–H and O–H groups in total. The number of ether oxygens (including phenoxy) is 1. The van der Waals surface area contributed by atoms with Gasteiger partial charge in [0.1, 0.15) is 5.41 Å². The maximum atomic E-state index is 13.8. The first-order valence-corrected chi connectivity index (χ1v) is 5.57. The van der Waals surface area contributed by atoms with Gasteiger partial charge in [0, 0.05) is 5.92 Å². The number of carbonyl (C=O) groups excluding carboxylic acids is 1. The first-order valence-electron chi connectivity index (χ1n) is 5.57. The monoisotopic (exact) mass is 218 g/mol. The van der Waals surface area contributed by atoms with Gasteiger partial charge in [0.25, 0.3) is 5.92 Å². The van der Waals surface area contributed by atoms with Crippen LogP contribution in [0.3, 0.4) is 0 Å². The highest BCUT2D eigenvalue weighted by atomic mass is 19.3. The van der Waals surface area contributed by atoms with Gasteiger partial charge in [-0.3, -0.25) is 4.79 Å². The zero-order valence-corrected chi connectivity index (χ0v) is 9.06. The number of carbonyl (C=O) groups is 1.